The van der Waals surface area contributed by atoms with Crippen molar-refractivity contribution in [3.8, 4) is 44.5 Å². The second-order valence-electron chi connectivity index (χ2n) is 14.7. The Kier molecular flexibility index (Phi) is 7.15. The van der Waals surface area contributed by atoms with Gasteiger partial charge in [0.1, 0.15) is 0 Å². The minimum atomic E-state index is 1.17. The van der Waals surface area contributed by atoms with Crippen LogP contribution in [0.25, 0.3) is 109 Å². The van der Waals surface area contributed by atoms with Gasteiger partial charge in [0.2, 0.25) is 0 Å². The first-order chi connectivity index (χ1) is 27.2. The maximum Gasteiger partial charge on any atom is 0.0273 e. The first kappa shape index (κ1) is 31.4. The van der Waals surface area contributed by atoms with Crippen LogP contribution in [0.15, 0.2) is 194 Å². The van der Waals surface area contributed by atoms with Gasteiger partial charge in [-0.2, -0.15) is 0 Å². The number of pyridine rings is 1. The molecule has 0 aliphatic heterocycles. The van der Waals surface area contributed by atoms with Crippen LogP contribution in [0.2, 0.25) is 0 Å². The molecular weight excluding hydrogens is 663 g/mol. The number of hydrogen-bond donors (Lipinski definition) is 0. The van der Waals surface area contributed by atoms with E-state index in [1.54, 1.807) is 0 Å². The third-order valence-corrected chi connectivity index (χ3v) is 11.7. The van der Waals surface area contributed by atoms with E-state index in [2.05, 4.69) is 194 Å². The van der Waals surface area contributed by atoms with Gasteiger partial charge in [-0.25, -0.2) is 0 Å². The number of nitrogens with zero attached hydrogens (tertiary/aromatic N) is 1. The van der Waals surface area contributed by atoms with E-state index in [0.29, 0.717) is 0 Å². The maximum absolute atomic E-state index is 4.21. The van der Waals surface area contributed by atoms with Gasteiger partial charge in [0.25, 0.3) is 0 Å². The van der Waals surface area contributed by atoms with Gasteiger partial charge in [-0.05, 0) is 140 Å². The number of fused-ring (bicyclic) bond motifs is 8. The van der Waals surface area contributed by atoms with Crippen molar-refractivity contribution < 1.29 is 0 Å². The Hall–Kier alpha value is -7.09. The molecule has 1 heterocycles. The molecule has 0 saturated carbocycles. The Morgan fingerprint density at radius 3 is 1.42 bits per heavy atom. The van der Waals surface area contributed by atoms with Crippen molar-refractivity contribution in [3.05, 3.63) is 200 Å². The molecule has 0 N–H and O–H groups in total. The summed E-state index contributed by atoms with van der Waals surface area (Å²) in [5.74, 6) is 0. The van der Waals surface area contributed by atoms with Crippen LogP contribution in [-0.2, 0) is 0 Å². The van der Waals surface area contributed by atoms with Crippen LogP contribution >= 0.6 is 0 Å². The van der Waals surface area contributed by atoms with Crippen molar-refractivity contribution in [2.24, 2.45) is 0 Å². The lowest BCUT2D eigenvalue weighted by Gasteiger charge is -2.19. The van der Waals surface area contributed by atoms with E-state index in [4.69, 9.17) is 0 Å². The molecule has 0 radical (unpaired) electrons. The van der Waals surface area contributed by atoms with Crippen LogP contribution < -0.4 is 0 Å². The molecule has 11 aromatic rings. The average molecular weight is 698 g/mol. The molecule has 0 fully saturated rings. The van der Waals surface area contributed by atoms with Gasteiger partial charge in [-0.1, -0.05) is 164 Å². The van der Waals surface area contributed by atoms with E-state index in [0.717, 1.165) is 0 Å². The molecular formula is C54H35N. The number of aryl methyl sites for hydroxylation is 1. The Bertz CT molecular complexity index is 3250. The quantitative estimate of drug-likeness (QED) is 0.132. The predicted molar refractivity (Wildman–Crippen MR) is 236 cm³/mol. The fraction of sp³-hybridized carbons (Fsp3) is 0.0185. The molecule has 0 bridgehead atoms. The zero-order chi connectivity index (χ0) is 36.5. The van der Waals surface area contributed by atoms with Crippen molar-refractivity contribution in [2.75, 3.05) is 0 Å². The van der Waals surface area contributed by atoms with Gasteiger partial charge in [0.15, 0.2) is 0 Å². The molecule has 1 nitrogen and oxygen atoms in total. The van der Waals surface area contributed by atoms with Crippen molar-refractivity contribution >= 4 is 64.6 Å². The van der Waals surface area contributed by atoms with Crippen LogP contribution in [0, 0.1) is 6.92 Å². The van der Waals surface area contributed by atoms with E-state index in [1.165, 1.54) is 115 Å². The summed E-state index contributed by atoms with van der Waals surface area (Å²) in [5.41, 5.74) is 11.2. The second kappa shape index (κ2) is 12.5. The molecule has 0 atom stereocenters. The van der Waals surface area contributed by atoms with Crippen LogP contribution in [-0.4, -0.2) is 4.98 Å². The highest BCUT2D eigenvalue weighted by atomic mass is 14.6. The average Bonchev–Trinajstić information content (AvgIpc) is 3.25. The predicted octanol–water partition coefficient (Wildman–Crippen LogP) is 15.0. The summed E-state index contributed by atoms with van der Waals surface area (Å²) >= 11 is 0. The summed E-state index contributed by atoms with van der Waals surface area (Å²) in [6, 6.07) is 67.4. The Balaban J connectivity index is 1.13. The van der Waals surface area contributed by atoms with Crippen molar-refractivity contribution in [1.29, 1.82) is 0 Å². The molecule has 0 aliphatic carbocycles. The lowest BCUT2D eigenvalue weighted by atomic mass is 9.84. The molecule has 1 aromatic heterocycles. The molecule has 256 valence electrons. The van der Waals surface area contributed by atoms with Crippen molar-refractivity contribution in [3.63, 3.8) is 0 Å². The summed E-state index contributed by atoms with van der Waals surface area (Å²) in [6.45, 7) is 2.23. The normalized spacial score (nSPS) is 11.7. The molecule has 0 spiro atoms. The topological polar surface area (TPSA) is 12.9 Å². The number of aromatic nitrogens is 1. The zero-order valence-corrected chi connectivity index (χ0v) is 30.4. The minimum absolute atomic E-state index is 1.17. The minimum Gasteiger partial charge on any atom is -0.265 e. The van der Waals surface area contributed by atoms with E-state index in [-0.39, 0.29) is 0 Å². The Morgan fingerprint density at radius 1 is 0.309 bits per heavy atom. The van der Waals surface area contributed by atoms with E-state index >= 15 is 0 Å². The van der Waals surface area contributed by atoms with Crippen LogP contribution in [0.1, 0.15) is 5.56 Å². The summed E-state index contributed by atoms with van der Waals surface area (Å²) in [7, 11) is 0. The SMILES string of the molecule is Cc1cccc2ccc3cccc(-c4cccc5ccc6cc(-c7c8ccccc8c(-c8ccc(-c9ccncc9)cc8)c8ccccc78)ccc6c45)c3c12. The second-order valence-corrected chi connectivity index (χ2v) is 14.7. The van der Waals surface area contributed by atoms with Gasteiger partial charge < -0.3 is 0 Å². The Morgan fingerprint density at radius 2 is 0.782 bits per heavy atom. The molecule has 55 heavy (non-hydrogen) atoms. The smallest absolute Gasteiger partial charge is 0.0273 e. The van der Waals surface area contributed by atoms with E-state index < -0.39 is 0 Å². The first-order valence-electron chi connectivity index (χ1n) is 19.0. The summed E-state index contributed by atoms with van der Waals surface area (Å²) in [6.07, 6.45) is 3.70. The zero-order valence-electron chi connectivity index (χ0n) is 30.4. The number of benzene rings is 10. The standard InChI is InChI=1S/C54H35N/c1-34-9-6-10-37-23-24-39-12-8-18-49(54(39)50(34)37)48-17-7-11-38-25-26-41-33-42(27-28-43(41)51(38)48)53-46-15-4-2-13-44(46)52(45-14-3-5-16-47(45)53)40-21-19-35(20-22-40)36-29-31-55-32-30-36/h2-33H,1H3. The molecule has 0 saturated heterocycles. The maximum atomic E-state index is 4.21. The lowest BCUT2D eigenvalue weighted by molar-refractivity contribution is 1.33. The molecule has 11 rings (SSSR count). The summed E-state index contributed by atoms with van der Waals surface area (Å²) in [4.78, 5) is 4.21. The first-order valence-corrected chi connectivity index (χ1v) is 19.0. The lowest BCUT2D eigenvalue weighted by Crippen LogP contribution is -1.91. The van der Waals surface area contributed by atoms with E-state index in [9.17, 15) is 0 Å². The largest absolute Gasteiger partial charge is 0.265 e. The van der Waals surface area contributed by atoms with Crippen LogP contribution in [0.5, 0.6) is 0 Å². The fourth-order valence-electron chi connectivity index (χ4n) is 9.18. The third-order valence-electron chi connectivity index (χ3n) is 11.7. The fourth-order valence-corrected chi connectivity index (χ4v) is 9.18. The summed E-state index contributed by atoms with van der Waals surface area (Å²) < 4.78 is 0. The summed E-state index contributed by atoms with van der Waals surface area (Å²) in [5, 5.41) is 15.3. The molecule has 0 amide bonds. The van der Waals surface area contributed by atoms with Crippen LogP contribution in [0.4, 0.5) is 0 Å². The highest BCUT2D eigenvalue weighted by Gasteiger charge is 2.18. The monoisotopic (exact) mass is 697 g/mol. The van der Waals surface area contributed by atoms with E-state index in [1.807, 2.05) is 12.4 Å². The van der Waals surface area contributed by atoms with Gasteiger partial charge >= 0.3 is 0 Å². The highest BCUT2D eigenvalue weighted by Crippen LogP contribution is 2.46. The van der Waals surface area contributed by atoms with Gasteiger partial charge in [0, 0.05) is 12.4 Å². The van der Waals surface area contributed by atoms with Crippen molar-refractivity contribution in [2.45, 2.75) is 6.92 Å². The Labute approximate surface area is 319 Å². The number of hydrogen-bond acceptors (Lipinski definition) is 1. The van der Waals surface area contributed by atoms with Gasteiger partial charge in [-0.15, -0.1) is 0 Å². The van der Waals surface area contributed by atoms with Crippen molar-refractivity contribution in [1.82, 2.24) is 4.98 Å². The van der Waals surface area contributed by atoms with Gasteiger partial charge in [-0.3, -0.25) is 4.98 Å². The van der Waals surface area contributed by atoms with Crippen LogP contribution in [0.3, 0.4) is 0 Å². The van der Waals surface area contributed by atoms with Gasteiger partial charge in [0.05, 0.1) is 0 Å². The molecule has 1 heteroatoms. The molecule has 10 aromatic carbocycles. The third kappa shape index (κ3) is 4.97. The molecule has 0 aliphatic rings. The highest BCUT2D eigenvalue weighted by molar-refractivity contribution is 6.24. The molecule has 0 unspecified atom stereocenters. The number of rotatable bonds is 4.